The number of carbonyl (C=O) groups is 2. The SMILES string of the molecule is C[C@H](CN1CCOCC1)C(=O)N1CCC(c2ccc(C(=O)N3CCOCC3)cn2)CC1. The van der Waals surface area contributed by atoms with Gasteiger partial charge in [-0.3, -0.25) is 19.5 Å². The van der Waals surface area contributed by atoms with Crippen LogP contribution in [0.2, 0.25) is 0 Å². The first-order valence-corrected chi connectivity index (χ1v) is 11.5. The molecule has 8 heteroatoms. The van der Waals surface area contributed by atoms with Gasteiger partial charge in [0, 0.05) is 69.5 Å². The van der Waals surface area contributed by atoms with Crippen molar-refractivity contribution < 1.29 is 19.1 Å². The summed E-state index contributed by atoms with van der Waals surface area (Å²) in [6.45, 7) is 10.2. The molecule has 0 unspecified atom stereocenters. The first kappa shape index (κ1) is 22.2. The zero-order valence-electron chi connectivity index (χ0n) is 18.5. The average Bonchev–Trinajstić information content (AvgIpc) is 2.84. The number of hydrogen-bond acceptors (Lipinski definition) is 6. The number of amides is 2. The molecular formula is C23H34N4O4. The molecule has 0 N–H and O–H groups in total. The summed E-state index contributed by atoms with van der Waals surface area (Å²) in [6, 6.07) is 3.87. The molecule has 0 radical (unpaired) electrons. The van der Waals surface area contributed by atoms with Gasteiger partial charge in [0.1, 0.15) is 0 Å². The van der Waals surface area contributed by atoms with Crippen LogP contribution in [-0.4, -0.2) is 104 Å². The molecule has 3 aliphatic rings. The van der Waals surface area contributed by atoms with Gasteiger partial charge in [-0.15, -0.1) is 0 Å². The number of morpholine rings is 2. The lowest BCUT2D eigenvalue weighted by Gasteiger charge is -2.35. The van der Waals surface area contributed by atoms with Gasteiger partial charge >= 0.3 is 0 Å². The third kappa shape index (κ3) is 5.61. The molecule has 1 aromatic rings. The largest absolute Gasteiger partial charge is 0.379 e. The van der Waals surface area contributed by atoms with Crippen molar-refractivity contribution in [1.29, 1.82) is 0 Å². The molecule has 170 valence electrons. The number of hydrogen-bond donors (Lipinski definition) is 0. The summed E-state index contributed by atoms with van der Waals surface area (Å²) in [7, 11) is 0. The molecule has 0 aromatic carbocycles. The minimum Gasteiger partial charge on any atom is -0.379 e. The minimum atomic E-state index is 0.0123. The summed E-state index contributed by atoms with van der Waals surface area (Å²) in [5.74, 6) is 0.630. The summed E-state index contributed by atoms with van der Waals surface area (Å²) in [5.41, 5.74) is 1.65. The normalized spacial score (nSPS) is 22.4. The van der Waals surface area contributed by atoms with Crippen molar-refractivity contribution in [2.24, 2.45) is 5.92 Å². The quantitative estimate of drug-likeness (QED) is 0.700. The van der Waals surface area contributed by atoms with E-state index in [1.54, 1.807) is 6.20 Å². The van der Waals surface area contributed by atoms with Crippen LogP contribution in [-0.2, 0) is 14.3 Å². The van der Waals surface area contributed by atoms with E-state index in [1.807, 2.05) is 28.9 Å². The van der Waals surface area contributed by atoms with Crippen molar-refractivity contribution >= 4 is 11.8 Å². The molecule has 4 heterocycles. The Bertz CT molecular complexity index is 736. The van der Waals surface area contributed by atoms with Gasteiger partial charge in [0.05, 0.1) is 32.0 Å². The Morgan fingerprint density at radius 3 is 2.23 bits per heavy atom. The van der Waals surface area contributed by atoms with Crippen LogP contribution in [0.25, 0.3) is 0 Å². The minimum absolute atomic E-state index is 0.0123. The Labute approximate surface area is 184 Å². The zero-order chi connectivity index (χ0) is 21.6. The summed E-state index contributed by atoms with van der Waals surface area (Å²) < 4.78 is 10.7. The van der Waals surface area contributed by atoms with Crippen LogP contribution in [0.4, 0.5) is 0 Å². The third-order valence-electron chi connectivity index (χ3n) is 6.61. The molecule has 1 atom stereocenters. The van der Waals surface area contributed by atoms with Gasteiger partial charge in [-0.1, -0.05) is 6.92 Å². The molecule has 3 saturated heterocycles. The van der Waals surface area contributed by atoms with Gasteiger partial charge in [0.15, 0.2) is 0 Å². The van der Waals surface area contributed by atoms with Crippen LogP contribution in [0.5, 0.6) is 0 Å². The maximum absolute atomic E-state index is 12.9. The average molecular weight is 431 g/mol. The topological polar surface area (TPSA) is 75.2 Å². The maximum atomic E-state index is 12.9. The van der Waals surface area contributed by atoms with E-state index in [4.69, 9.17) is 9.47 Å². The first-order valence-electron chi connectivity index (χ1n) is 11.5. The fourth-order valence-corrected chi connectivity index (χ4v) is 4.68. The number of ether oxygens (including phenoxy) is 2. The van der Waals surface area contributed by atoms with Gasteiger partial charge in [0.25, 0.3) is 5.91 Å². The Hall–Kier alpha value is -2.03. The predicted molar refractivity (Wildman–Crippen MR) is 116 cm³/mol. The molecule has 2 amide bonds. The third-order valence-corrected chi connectivity index (χ3v) is 6.61. The highest BCUT2D eigenvalue weighted by Crippen LogP contribution is 2.27. The Morgan fingerprint density at radius 1 is 0.968 bits per heavy atom. The fraction of sp³-hybridized carbons (Fsp3) is 0.696. The van der Waals surface area contributed by atoms with Crippen molar-refractivity contribution in [1.82, 2.24) is 19.7 Å². The zero-order valence-corrected chi connectivity index (χ0v) is 18.5. The van der Waals surface area contributed by atoms with Crippen LogP contribution in [0.1, 0.15) is 41.7 Å². The van der Waals surface area contributed by atoms with Crippen LogP contribution in [0.15, 0.2) is 18.3 Å². The van der Waals surface area contributed by atoms with E-state index < -0.39 is 0 Å². The second-order valence-corrected chi connectivity index (χ2v) is 8.79. The van der Waals surface area contributed by atoms with E-state index in [9.17, 15) is 9.59 Å². The maximum Gasteiger partial charge on any atom is 0.255 e. The standard InChI is InChI=1S/C23H34N4O4/c1-18(17-25-8-12-30-13-9-25)22(28)26-6-4-19(5-7-26)21-3-2-20(16-24-21)23(29)27-10-14-31-15-11-27/h2-3,16,18-19H,4-15,17H2,1H3/t18-/m1/s1. The second-order valence-electron chi connectivity index (χ2n) is 8.79. The molecular weight excluding hydrogens is 396 g/mol. The summed E-state index contributed by atoms with van der Waals surface area (Å²) in [6.07, 6.45) is 3.54. The monoisotopic (exact) mass is 430 g/mol. The first-order chi connectivity index (χ1) is 15.1. The number of aromatic nitrogens is 1. The van der Waals surface area contributed by atoms with Crippen molar-refractivity contribution in [3.63, 3.8) is 0 Å². The molecule has 0 aliphatic carbocycles. The molecule has 3 fully saturated rings. The number of likely N-dealkylation sites (tertiary alicyclic amines) is 1. The van der Waals surface area contributed by atoms with E-state index in [0.717, 1.165) is 64.5 Å². The molecule has 31 heavy (non-hydrogen) atoms. The highest BCUT2D eigenvalue weighted by atomic mass is 16.5. The summed E-state index contributed by atoms with van der Waals surface area (Å²) >= 11 is 0. The lowest BCUT2D eigenvalue weighted by molar-refractivity contribution is -0.137. The molecule has 0 saturated carbocycles. The molecule has 0 bridgehead atoms. The van der Waals surface area contributed by atoms with E-state index in [-0.39, 0.29) is 17.7 Å². The number of carbonyl (C=O) groups excluding carboxylic acids is 2. The van der Waals surface area contributed by atoms with E-state index in [1.165, 1.54) is 0 Å². The smallest absolute Gasteiger partial charge is 0.255 e. The Balaban J connectivity index is 1.26. The Morgan fingerprint density at radius 2 is 1.61 bits per heavy atom. The van der Waals surface area contributed by atoms with Crippen molar-refractivity contribution in [2.45, 2.75) is 25.7 Å². The van der Waals surface area contributed by atoms with Gasteiger partial charge in [-0.2, -0.15) is 0 Å². The molecule has 8 nitrogen and oxygen atoms in total. The Kier molecular flexibility index (Phi) is 7.53. The predicted octanol–water partition coefficient (Wildman–Crippen LogP) is 1.23. The number of nitrogens with zero attached hydrogens (tertiary/aromatic N) is 4. The summed E-state index contributed by atoms with van der Waals surface area (Å²) in [5, 5.41) is 0. The lowest BCUT2D eigenvalue weighted by Crippen LogP contribution is -2.46. The van der Waals surface area contributed by atoms with E-state index in [2.05, 4.69) is 9.88 Å². The second kappa shape index (κ2) is 10.5. The molecule has 3 aliphatic heterocycles. The lowest BCUT2D eigenvalue weighted by atomic mass is 9.92. The van der Waals surface area contributed by atoms with E-state index >= 15 is 0 Å². The van der Waals surface area contributed by atoms with Crippen LogP contribution < -0.4 is 0 Å². The van der Waals surface area contributed by atoms with Gasteiger partial charge in [-0.25, -0.2) is 0 Å². The van der Waals surface area contributed by atoms with Gasteiger partial charge in [0.2, 0.25) is 5.91 Å². The molecule has 1 aromatic heterocycles. The van der Waals surface area contributed by atoms with Crippen molar-refractivity contribution in [3.8, 4) is 0 Å². The highest BCUT2D eigenvalue weighted by molar-refractivity contribution is 5.94. The van der Waals surface area contributed by atoms with Crippen LogP contribution in [0.3, 0.4) is 0 Å². The van der Waals surface area contributed by atoms with Gasteiger partial charge in [-0.05, 0) is 25.0 Å². The van der Waals surface area contributed by atoms with Crippen molar-refractivity contribution in [3.05, 3.63) is 29.6 Å². The highest BCUT2D eigenvalue weighted by Gasteiger charge is 2.29. The summed E-state index contributed by atoms with van der Waals surface area (Å²) in [4.78, 5) is 36.2. The molecule has 4 rings (SSSR count). The number of rotatable bonds is 5. The number of piperidine rings is 1. The van der Waals surface area contributed by atoms with Crippen molar-refractivity contribution in [2.75, 3.05) is 72.2 Å². The molecule has 0 spiro atoms. The number of pyridine rings is 1. The van der Waals surface area contributed by atoms with Gasteiger partial charge < -0.3 is 19.3 Å². The van der Waals surface area contributed by atoms with Crippen LogP contribution >= 0.6 is 0 Å². The van der Waals surface area contributed by atoms with E-state index in [0.29, 0.717) is 37.8 Å². The fourth-order valence-electron chi connectivity index (χ4n) is 4.68. The van der Waals surface area contributed by atoms with Crippen LogP contribution in [0, 0.1) is 5.92 Å².